The number of thiophene rings is 1. The monoisotopic (exact) mass is 308 g/mol. The minimum atomic E-state index is 0.137. The second kappa shape index (κ2) is 6.90. The fourth-order valence-corrected chi connectivity index (χ4v) is 4.25. The Balaban J connectivity index is 1.63. The van der Waals surface area contributed by atoms with Crippen LogP contribution >= 0.6 is 11.3 Å². The summed E-state index contributed by atoms with van der Waals surface area (Å²) in [6.07, 6.45) is 5.76. The van der Waals surface area contributed by atoms with Crippen LogP contribution in [0.2, 0.25) is 0 Å². The first-order chi connectivity index (χ1) is 10.3. The molecule has 3 rings (SSSR count). The van der Waals surface area contributed by atoms with Crippen LogP contribution < -0.4 is 0 Å². The Hall–Kier alpha value is -0.910. The number of hydrogen-bond donors (Lipinski definition) is 1. The molecule has 0 radical (unpaired) electrons. The van der Waals surface area contributed by atoms with Crippen molar-refractivity contribution in [3.8, 4) is 0 Å². The van der Waals surface area contributed by atoms with Gasteiger partial charge in [-0.1, -0.05) is 12.5 Å². The molecule has 21 heavy (non-hydrogen) atoms. The van der Waals surface area contributed by atoms with Crippen molar-refractivity contribution in [2.45, 2.75) is 44.2 Å². The van der Waals surface area contributed by atoms with E-state index in [-0.39, 0.29) is 18.6 Å². The van der Waals surface area contributed by atoms with E-state index in [9.17, 15) is 9.90 Å². The highest BCUT2D eigenvalue weighted by Gasteiger charge is 2.33. The summed E-state index contributed by atoms with van der Waals surface area (Å²) in [6, 6.07) is 4.98. The zero-order valence-corrected chi connectivity index (χ0v) is 13.2. The van der Waals surface area contributed by atoms with Crippen molar-refractivity contribution in [1.82, 2.24) is 9.80 Å². The summed E-state index contributed by atoms with van der Waals surface area (Å²) in [4.78, 5) is 18.2. The average molecular weight is 308 g/mol. The van der Waals surface area contributed by atoms with Crippen LogP contribution in [-0.4, -0.2) is 53.1 Å². The number of aliphatic hydroxyl groups excluding tert-OH is 1. The molecular formula is C16H24N2O2S. The molecule has 1 atom stereocenters. The van der Waals surface area contributed by atoms with Gasteiger partial charge in [0.2, 0.25) is 5.91 Å². The molecule has 1 aliphatic carbocycles. The maximum absolute atomic E-state index is 12.7. The normalized spacial score (nSPS) is 22.8. The summed E-state index contributed by atoms with van der Waals surface area (Å²) in [5, 5.41) is 11.3. The Morgan fingerprint density at radius 1 is 1.38 bits per heavy atom. The van der Waals surface area contributed by atoms with Gasteiger partial charge in [-0.3, -0.25) is 9.69 Å². The highest BCUT2D eigenvalue weighted by Crippen LogP contribution is 2.34. The molecule has 1 saturated carbocycles. The van der Waals surface area contributed by atoms with Gasteiger partial charge in [-0.05, 0) is 37.1 Å². The highest BCUT2D eigenvalue weighted by atomic mass is 32.1. The van der Waals surface area contributed by atoms with Crippen molar-refractivity contribution in [3.63, 3.8) is 0 Å². The molecule has 2 heterocycles. The van der Waals surface area contributed by atoms with E-state index < -0.39 is 0 Å². The van der Waals surface area contributed by atoms with Crippen molar-refractivity contribution in [3.05, 3.63) is 22.4 Å². The van der Waals surface area contributed by atoms with Crippen LogP contribution in [0, 0.1) is 0 Å². The zero-order valence-electron chi connectivity index (χ0n) is 12.4. The maximum Gasteiger partial charge on any atom is 0.237 e. The Bertz CT molecular complexity index is 459. The van der Waals surface area contributed by atoms with Crippen LogP contribution in [0.5, 0.6) is 0 Å². The van der Waals surface area contributed by atoms with Gasteiger partial charge in [0.25, 0.3) is 0 Å². The predicted molar refractivity (Wildman–Crippen MR) is 84.3 cm³/mol. The molecule has 0 spiro atoms. The predicted octanol–water partition coefficient (Wildman–Crippen LogP) is 2.26. The van der Waals surface area contributed by atoms with E-state index in [1.54, 1.807) is 11.3 Å². The lowest BCUT2D eigenvalue weighted by Crippen LogP contribution is -2.48. The van der Waals surface area contributed by atoms with E-state index in [4.69, 9.17) is 0 Å². The maximum atomic E-state index is 12.7. The fraction of sp³-hybridized carbons (Fsp3) is 0.688. The average Bonchev–Trinajstić information content (AvgIpc) is 3.07. The Morgan fingerprint density at radius 3 is 2.86 bits per heavy atom. The minimum absolute atomic E-state index is 0.137. The molecular weight excluding hydrogens is 284 g/mol. The summed E-state index contributed by atoms with van der Waals surface area (Å²) in [5.41, 5.74) is 0. The molecule has 5 heteroatoms. The molecule has 0 bridgehead atoms. The van der Waals surface area contributed by atoms with Crippen LogP contribution in [-0.2, 0) is 4.79 Å². The Morgan fingerprint density at radius 2 is 2.24 bits per heavy atom. The molecule has 1 N–H and O–H groups in total. The standard InChI is InChI=1S/C16H24N2O2S/c19-10-9-17(13-4-1-5-13)12-16(20)18-8-2-6-14(18)15-7-3-11-21-15/h3,7,11,13-14,19H,1-2,4-6,8-10,12H2. The van der Waals surface area contributed by atoms with Crippen molar-refractivity contribution in [2.75, 3.05) is 26.2 Å². The molecule has 1 aromatic rings. The number of hydrogen-bond acceptors (Lipinski definition) is 4. The molecule has 2 fully saturated rings. The van der Waals surface area contributed by atoms with E-state index in [1.165, 1.54) is 24.1 Å². The van der Waals surface area contributed by atoms with Crippen molar-refractivity contribution >= 4 is 17.2 Å². The Labute approximate surface area is 130 Å². The lowest BCUT2D eigenvalue weighted by molar-refractivity contribution is -0.134. The van der Waals surface area contributed by atoms with Crippen LogP contribution in [0.15, 0.2) is 17.5 Å². The first-order valence-electron chi connectivity index (χ1n) is 7.97. The van der Waals surface area contributed by atoms with Gasteiger partial charge in [0.1, 0.15) is 0 Å². The topological polar surface area (TPSA) is 43.8 Å². The minimum Gasteiger partial charge on any atom is -0.395 e. The third kappa shape index (κ3) is 3.30. The summed E-state index contributed by atoms with van der Waals surface area (Å²) in [6.45, 7) is 2.10. The van der Waals surface area contributed by atoms with E-state index in [2.05, 4.69) is 27.3 Å². The second-order valence-electron chi connectivity index (χ2n) is 6.04. The molecule has 2 aliphatic rings. The van der Waals surface area contributed by atoms with Crippen LogP contribution in [0.1, 0.15) is 43.0 Å². The lowest BCUT2D eigenvalue weighted by Gasteiger charge is -2.38. The third-order valence-corrected chi connectivity index (χ3v) is 5.73. The van der Waals surface area contributed by atoms with Crippen molar-refractivity contribution in [2.24, 2.45) is 0 Å². The lowest BCUT2D eigenvalue weighted by atomic mass is 9.91. The molecule has 0 aromatic carbocycles. The quantitative estimate of drug-likeness (QED) is 0.876. The van der Waals surface area contributed by atoms with Gasteiger partial charge < -0.3 is 10.0 Å². The molecule has 1 saturated heterocycles. The number of carbonyl (C=O) groups is 1. The van der Waals surface area contributed by atoms with E-state index in [1.807, 2.05) is 0 Å². The van der Waals surface area contributed by atoms with E-state index >= 15 is 0 Å². The number of aliphatic hydroxyl groups is 1. The second-order valence-corrected chi connectivity index (χ2v) is 7.02. The Kier molecular flexibility index (Phi) is 4.93. The number of likely N-dealkylation sites (tertiary alicyclic amines) is 1. The van der Waals surface area contributed by atoms with Gasteiger partial charge in [0.15, 0.2) is 0 Å². The first-order valence-corrected chi connectivity index (χ1v) is 8.85. The van der Waals surface area contributed by atoms with Gasteiger partial charge in [-0.25, -0.2) is 0 Å². The van der Waals surface area contributed by atoms with Gasteiger partial charge in [0, 0.05) is 24.0 Å². The van der Waals surface area contributed by atoms with Gasteiger partial charge in [-0.2, -0.15) is 0 Å². The van der Waals surface area contributed by atoms with Gasteiger partial charge in [0.05, 0.1) is 19.2 Å². The molecule has 4 nitrogen and oxygen atoms in total. The molecule has 1 unspecified atom stereocenters. The SMILES string of the molecule is O=C(CN(CCO)C1CCC1)N1CCCC1c1cccs1. The summed E-state index contributed by atoms with van der Waals surface area (Å²) < 4.78 is 0. The summed E-state index contributed by atoms with van der Waals surface area (Å²) in [7, 11) is 0. The van der Waals surface area contributed by atoms with Gasteiger partial charge >= 0.3 is 0 Å². The number of rotatable bonds is 6. The van der Waals surface area contributed by atoms with Crippen LogP contribution in [0.3, 0.4) is 0 Å². The highest BCUT2D eigenvalue weighted by molar-refractivity contribution is 7.10. The van der Waals surface area contributed by atoms with E-state index in [0.717, 1.165) is 19.4 Å². The zero-order chi connectivity index (χ0) is 14.7. The fourth-order valence-electron chi connectivity index (χ4n) is 3.38. The van der Waals surface area contributed by atoms with Crippen LogP contribution in [0.25, 0.3) is 0 Å². The first kappa shape index (κ1) is 15.0. The third-order valence-electron chi connectivity index (χ3n) is 4.76. The van der Waals surface area contributed by atoms with Crippen molar-refractivity contribution in [1.29, 1.82) is 0 Å². The molecule has 116 valence electrons. The largest absolute Gasteiger partial charge is 0.395 e. The molecule has 1 amide bonds. The summed E-state index contributed by atoms with van der Waals surface area (Å²) in [5.74, 6) is 0.228. The number of amides is 1. The summed E-state index contributed by atoms with van der Waals surface area (Å²) >= 11 is 1.74. The number of nitrogens with zero attached hydrogens (tertiary/aromatic N) is 2. The molecule has 1 aliphatic heterocycles. The van der Waals surface area contributed by atoms with E-state index in [0.29, 0.717) is 19.1 Å². The number of carbonyl (C=O) groups excluding carboxylic acids is 1. The van der Waals surface area contributed by atoms with Crippen molar-refractivity contribution < 1.29 is 9.90 Å². The van der Waals surface area contributed by atoms with Gasteiger partial charge in [-0.15, -0.1) is 11.3 Å². The smallest absolute Gasteiger partial charge is 0.237 e. The van der Waals surface area contributed by atoms with Crippen LogP contribution in [0.4, 0.5) is 0 Å². The molecule has 1 aromatic heterocycles.